The maximum absolute atomic E-state index is 13.0. The highest BCUT2D eigenvalue weighted by Gasteiger charge is 2.37. The molecule has 0 fully saturated rings. The van der Waals surface area contributed by atoms with Crippen LogP contribution in [0.15, 0.2) is 53.4 Å². The first kappa shape index (κ1) is 24.7. The van der Waals surface area contributed by atoms with Gasteiger partial charge in [-0.2, -0.15) is 4.31 Å². The van der Waals surface area contributed by atoms with Gasteiger partial charge in [0.15, 0.2) is 0 Å². The van der Waals surface area contributed by atoms with Crippen molar-refractivity contribution in [2.24, 2.45) is 0 Å². The number of hydrogen-bond acceptors (Lipinski definition) is 7. The molecule has 2 atom stereocenters. The van der Waals surface area contributed by atoms with Crippen molar-refractivity contribution in [2.75, 3.05) is 27.4 Å². The standard InChI is InChI=1S/C20H25FN2O7S/c1-14(29-13-12-28-3)19(20(24)22-25)23(2)31(26,27)18-10-8-17(9-11-18)30-16-6-4-15(21)5-7-16/h4-11,14,19,25H,12-13H2,1-3H3,(H,22,24). The van der Waals surface area contributed by atoms with Crippen LogP contribution in [0.5, 0.6) is 11.5 Å². The van der Waals surface area contributed by atoms with Crippen LogP contribution in [0.2, 0.25) is 0 Å². The summed E-state index contributed by atoms with van der Waals surface area (Å²) in [7, 11) is -1.42. The van der Waals surface area contributed by atoms with E-state index in [0.717, 1.165) is 4.31 Å². The number of rotatable bonds is 11. The number of benzene rings is 2. The SMILES string of the molecule is COCCOC(C)C(C(=O)NO)N(C)S(=O)(=O)c1ccc(Oc2ccc(F)cc2)cc1. The zero-order valence-electron chi connectivity index (χ0n) is 17.3. The molecule has 0 aromatic heterocycles. The molecule has 1 amide bonds. The van der Waals surface area contributed by atoms with Crippen LogP contribution in [0, 0.1) is 5.82 Å². The van der Waals surface area contributed by atoms with Gasteiger partial charge in [-0.1, -0.05) is 0 Å². The van der Waals surface area contributed by atoms with Gasteiger partial charge in [0.05, 0.1) is 24.2 Å². The van der Waals surface area contributed by atoms with Gasteiger partial charge < -0.3 is 14.2 Å². The normalized spacial score (nSPS) is 13.6. The Morgan fingerprint density at radius 3 is 2.16 bits per heavy atom. The summed E-state index contributed by atoms with van der Waals surface area (Å²) in [5.41, 5.74) is 1.48. The zero-order valence-corrected chi connectivity index (χ0v) is 18.1. The summed E-state index contributed by atoms with van der Waals surface area (Å²) < 4.78 is 55.8. The zero-order chi connectivity index (χ0) is 23.0. The Labute approximate surface area is 180 Å². The van der Waals surface area contributed by atoms with Crippen molar-refractivity contribution >= 4 is 15.9 Å². The summed E-state index contributed by atoms with van der Waals surface area (Å²) in [6.45, 7) is 1.90. The van der Waals surface area contributed by atoms with Crippen molar-refractivity contribution in [3.05, 3.63) is 54.3 Å². The fourth-order valence-corrected chi connectivity index (χ4v) is 4.16. The number of halogens is 1. The molecule has 2 rings (SSSR count). The molecule has 9 nitrogen and oxygen atoms in total. The van der Waals surface area contributed by atoms with E-state index in [9.17, 15) is 17.6 Å². The molecule has 0 saturated heterocycles. The minimum Gasteiger partial charge on any atom is -0.457 e. The van der Waals surface area contributed by atoms with E-state index in [1.807, 2.05) is 0 Å². The average molecular weight is 456 g/mol. The van der Waals surface area contributed by atoms with Gasteiger partial charge in [-0.15, -0.1) is 0 Å². The summed E-state index contributed by atoms with van der Waals surface area (Å²) in [5, 5.41) is 9.06. The number of methoxy groups -OCH3 is 1. The van der Waals surface area contributed by atoms with Crippen molar-refractivity contribution in [2.45, 2.75) is 24.0 Å². The highest BCUT2D eigenvalue weighted by molar-refractivity contribution is 7.89. The van der Waals surface area contributed by atoms with Crippen LogP contribution in [0.4, 0.5) is 4.39 Å². The minimum absolute atomic E-state index is 0.0960. The molecule has 2 unspecified atom stereocenters. The van der Waals surface area contributed by atoms with E-state index in [0.29, 0.717) is 11.5 Å². The highest BCUT2D eigenvalue weighted by atomic mass is 32.2. The third-order valence-electron chi connectivity index (χ3n) is 4.43. The topological polar surface area (TPSA) is 114 Å². The lowest BCUT2D eigenvalue weighted by Gasteiger charge is -2.30. The van der Waals surface area contributed by atoms with Crippen molar-refractivity contribution < 1.29 is 37.0 Å². The number of nitrogens with one attached hydrogen (secondary N) is 1. The van der Waals surface area contributed by atoms with Gasteiger partial charge in [-0.05, 0) is 55.5 Å². The van der Waals surface area contributed by atoms with Gasteiger partial charge in [0.1, 0.15) is 23.4 Å². The Balaban J connectivity index is 2.20. The van der Waals surface area contributed by atoms with Crippen LogP contribution in [0.3, 0.4) is 0 Å². The first-order valence-corrected chi connectivity index (χ1v) is 10.7. The maximum Gasteiger partial charge on any atom is 0.264 e. The largest absolute Gasteiger partial charge is 0.457 e. The van der Waals surface area contributed by atoms with E-state index in [1.165, 1.54) is 75.1 Å². The van der Waals surface area contributed by atoms with Gasteiger partial charge in [-0.3, -0.25) is 10.0 Å². The molecule has 31 heavy (non-hydrogen) atoms. The summed E-state index contributed by atoms with van der Waals surface area (Å²) >= 11 is 0. The number of sulfonamides is 1. The van der Waals surface area contributed by atoms with Crippen LogP contribution in [-0.2, 0) is 24.3 Å². The Morgan fingerprint density at radius 1 is 1.10 bits per heavy atom. The Hall–Kier alpha value is -2.57. The van der Waals surface area contributed by atoms with Gasteiger partial charge in [0, 0.05) is 14.2 Å². The Kier molecular flexibility index (Phi) is 8.89. The Bertz CT molecular complexity index is 952. The highest BCUT2D eigenvalue weighted by Crippen LogP contribution is 2.25. The molecule has 11 heteroatoms. The monoisotopic (exact) mass is 456 g/mol. The molecular weight excluding hydrogens is 431 g/mol. The molecule has 170 valence electrons. The van der Waals surface area contributed by atoms with E-state index in [1.54, 1.807) is 0 Å². The van der Waals surface area contributed by atoms with E-state index in [2.05, 4.69) is 0 Å². The van der Waals surface area contributed by atoms with Crippen molar-refractivity contribution in [3.8, 4) is 11.5 Å². The Morgan fingerprint density at radius 2 is 1.65 bits per heavy atom. The third-order valence-corrected chi connectivity index (χ3v) is 6.29. The van der Waals surface area contributed by atoms with Crippen LogP contribution < -0.4 is 10.2 Å². The molecule has 0 bridgehead atoms. The molecule has 0 saturated carbocycles. The molecule has 0 spiro atoms. The number of hydrogen-bond donors (Lipinski definition) is 2. The number of nitrogens with zero attached hydrogens (tertiary/aromatic N) is 1. The van der Waals surface area contributed by atoms with Crippen molar-refractivity contribution in [3.63, 3.8) is 0 Å². The summed E-state index contributed by atoms with van der Waals surface area (Å²) in [4.78, 5) is 12.1. The lowest BCUT2D eigenvalue weighted by atomic mass is 10.2. The fraction of sp³-hybridized carbons (Fsp3) is 0.350. The number of amides is 1. The quantitative estimate of drug-likeness (QED) is 0.303. The molecule has 0 aliphatic rings. The number of ether oxygens (including phenoxy) is 3. The first-order chi connectivity index (χ1) is 14.7. The molecular formula is C20H25FN2O7S. The second-order valence-electron chi connectivity index (χ2n) is 6.54. The fourth-order valence-electron chi connectivity index (χ4n) is 2.78. The van der Waals surface area contributed by atoms with Gasteiger partial charge in [0.25, 0.3) is 5.91 Å². The van der Waals surface area contributed by atoms with Gasteiger partial charge in [0.2, 0.25) is 10.0 Å². The van der Waals surface area contributed by atoms with E-state index in [-0.39, 0.29) is 18.1 Å². The maximum atomic E-state index is 13.0. The molecule has 2 N–H and O–H groups in total. The molecule has 0 aliphatic carbocycles. The molecule has 2 aromatic carbocycles. The van der Waals surface area contributed by atoms with Crippen LogP contribution >= 0.6 is 0 Å². The first-order valence-electron chi connectivity index (χ1n) is 9.26. The minimum atomic E-state index is -4.12. The molecule has 0 radical (unpaired) electrons. The second-order valence-corrected chi connectivity index (χ2v) is 8.54. The number of carbonyl (C=O) groups is 1. The molecule has 0 aliphatic heterocycles. The average Bonchev–Trinajstić information content (AvgIpc) is 2.75. The van der Waals surface area contributed by atoms with Crippen molar-refractivity contribution in [1.29, 1.82) is 0 Å². The smallest absolute Gasteiger partial charge is 0.264 e. The van der Waals surface area contributed by atoms with Gasteiger partial charge in [-0.25, -0.2) is 18.3 Å². The lowest BCUT2D eigenvalue weighted by Crippen LogP contribution is -2.53. The number of carbonyl (C=O) groups excluding carboxylic acids is 1. The third kappa shape index (κ3) is 6.45. The van der Waals surface area contributed by atoms with Crippen molar-refractivity contribution in [1.82, 2.24) is 9.79 Å². The second kappa shape index (κ2) is 11.2. The molecule has 0 heterocycles. The summed E-state index contributed by atoms with van der Waals surface area (Å²) in [6.07, 6.45) is -0.872. The van der Waals surface area contributed by atoms with Crippen LogP contribution in [0.25, 0.3) is 0 Å². The number of hydroxylamine groups is 1. The summed E-state index contributed by atoms with van der Waals surface area (Å²) in [5.74, 6) is -0.615. The van der Waals surface area contributed by atoms with E-state index in [4.69, 9.17) is 19.4 Å². The van der Waals surface area contributed by atoms with E-state index >= 15 is 0 Å². The predicted molar refractivity (Wildman–Crippen MR) is 109 cm³/mol. The predicted octanol–water partition coefficient (Wildman–Crippen LogP) is 2.16. The van der Waals surface area contributed by atoms with Crippen LogP contribution in [-0.4, -0.2) is 63.4 Å². The van der Waals surface area contributed by atoms with E-state index < -0.39 is 33.9 Å². The molecule has 2 aromatic rings. The summed E-state index contributed by atoms with van der Waals surface area (Å²) in [6, 6.07) is 9.53. The number of likely N-dealkylation sites (N-methyl/N-ethyl adjacent to an activating group) is 1. The van der Waals surface area contributed by atoms with Gasteiger partial charge >= 0.3 is 0 Å². The lowest BCUT2D eigenvalue weighted by molar-refractivity contribution is -0.138. The van der Waals surface area contributed by atoms with Crippen LogP contribution in [0.1, 0.15) is 6.92 Å².